The quantitative estimate of drug-likeness (QED) is 0.730. The molecule has 1 aromatic carbocycles. The smallest absolute Gasteiger partial charge is 0.410 e. The lowest BCUT2D eigenvalue weighted by Crippen LogP contribution is -2.52. The molecule has 0 atom stereocenters. The van der Waals surface area contributed by atoms with Crippen molar-refractivity contribution in [3.8, 4) is 0 Å². The number of benzene rings is 1. The van der Waals surface area contributed by atoms with Crippen LogP contribution in [0.1, 0.15) is 33.6 Å². The number of nitrogens with one attached hydrogen (secondary N) is 1. The Hall–Kier alpha value is -2.32. The number of piperidine rings is 1. The van der Waals surface area contributed by atoms with Crippen molar-refractivity contribution in [1.82, 2.24) is 9.80 Å². The highest BCUT2D eigenvalue weighted by atomic mass is 16.7. The fraction of sp³-hybridized carbons (Fsp3) is 0.619. The van der Waals surface area contributed by atoms with E-state index in [4.69, 9.17) is 14.2 Å². The van der Waals surface area contributed by atoms with Crippen molar-refractivity contribution in [2.24, 2.45) is 0 Å². The van der Waals surface area contributed by atoms with Crippen LogP contribution >= 0.6 is 0 Å². The number of para-hydroxylation sites is 1. The number of hydrogen-bond donors (Lipinski definition) is 1. The summed E-state index contributed by atoms with van der Waals surface area (Å²) >= 11 is 0. The van der Waals surface area contributed by atoms with Gasteiger partial charge in [0.2, 0.25) is 0 Å². The maximum Gasteiger partial charge on any atom is 0.410 e. The molecule has 0 aliphatic carbocycles. The number of methoxy groups -OCH3 is 2. The van der Waals surface area contributed by atoms with Gasteiger partial charge in [-0.1, -0.05) is 18.2 Å². The zero-order valence-corrected chi connectivity index (χ0v) is 18.0. The first kappa shape index (κ1) is 23.0. The van der Waals surface area contributed by atoms with Crippen LogP contribution in [0.2, 0.25) is 0 Å². The number of urea groups is 1. The van der Waals surface area contributed by atoms with Crippen LogP contribution in [0.5, 0.6) is 0 Å². The summed E-state index contributed by atoms with van der Waals surface area (Å²) < 4.78 is 16.1. The minimum absolute atomic E-state index is 0.0369. The molecule has 2 rings (SSSR count). The Labute approximate surface area is 173 Å². The predicted molar refractivity (Wildman–Crippen MR) is 111 cm³/mol. The van der Waals surface area contributed by atoms with Crippen molar-refractivity contribution in [2.75, 3.05) is 39.2 Å². The molecule has 0 unspecified atom stereocenters. The number of likely N-dealkylation sites (tertiary alicyclic amines) is 1. The first-order valence-corrected chi connectivity index (χ1v) is 9.89. The Morgan fingerprint density at radius 1 is 1.14 bits per heavy atom. The molecule has 8 heteroatoms. The second kappa shape index (κ2) is 10.5. The van der Waals surface area contributed by atoms with E-state index >= 15 is 0 Å². The van der Waals surface area contributed by atoms with Gasteiger partial charge in [0.1, 0.15) is 5.60 Å². The average Bonchev–Trinajstić information content (AvgIpc) is 2.68. The number of carbonyl (C=O) groups excluding carboxylic acids is 2. The lowest BCUT2D eigenvalue weighted by atomic mass is 10.0. The van der Waals surface area contributed by atoms with Gasteiger partial charge < -0.3 is 29.3 Å². The van der Waals surface area contributed by atoms with E-state index in [0.717, 1.165) is 5.69 Å². The first-order chi connectivity index (χ1) is 13.7. The van der Waals surface area contributed by atoms with Crippen LogP contribution in [0.4, 0.5) is 15.3 Å². The minimum Gasteiger partial charge on any atom is -0.444 e. The number of rotatable bonds is 6. The van der Waals surface area contributed by atoms with Gasteiger partial charge in [-0.25, -0.2) is 9.59 Å². The van der Waals surface area contributed by atoms with Crippen LogP contribution in [0.15, 0.2) is 30.3 Å². The number of ether oxygens (including phenoxy) is 3. The van der Waals surface area contributed by atoms with Gasteiger partial charge in [-0.3, -0.25) is 0 Å². The summed E-state index contributed by atoms with van der Waals surface area (Å²) in [5.74, 6) is 0. The second-order valence-electron chi connectivity index (χ2n) is 8.05. The Morgan fingerprint density at radius 3 is 2.24 bits per heavy atom. The zero-order chi connectivity index (χ0) is 21.4. The summed E-state index contributed by atoms with van der Waals surface area (Å²) in [5.41, 5.74) is 0.194. The lowest BCUT2D eigenvalue weighted by Gasteiger charge is -2.39. The Morgan fingerprint density at radius 2 is 1.72 bits per heavy atom. The van der Waals surface area contributed by atoms with E-state index in [2.05, 4.69) is 5.32 Å². The molecule has 1 aliphatic rings. The predicted octanol–water partition coefficient (Wildman–Crippen LogP) is 3.54. The van der Waals surface area contributed by atoms with Gasteiger partial charge in [-0.2, -0.15) is 0 Å². The second-order valence-corrected chi connectivity index (χ2v) is 8.05. The molecule has 1 fully saturated rings. The molecule has 0 aromatic heterocycles. The number of amides is 3. The molecule has 0 radical (unpaired) electrons. The third-order valence-corrected chi connectivity index (χ3v) is 4.71. The normalized spacial score (nSPS) is 15.3. The third kappa shape index (κ3) is 7.21. The SMILES string of the molecule is COC(CN(C(=O)Nc1ccccc1)C1CCN(C(=O)OC(C)(C)C)CC1)OC. The highest BCUT2D eigenvalue weighted by molar-refractivity contribution is 5.89. The summed E-state index contributed by atoms with van der Waals surface area (Å²) in [4.78, 5) is 28.7. The summed E-state index contributed by atoms with van der Waals surface area (Å²) in [6.45, 7) is 6.90. The minimum atomic E-state index is -0.528. The molecule has 1 N–H and O–H groups in total. The molecule has 1 saturated heterocycles. The molecular formula is C21H33N3O5. The maximum absolute atomic E-state index is 13.0. The molecule has 29 heavy (non-hydrogen) atoms. The lowest BCUT2D eigenvalue weighted by molar-refractivity contribution is -0.115. The van der Waals surface area contributed by atoms with Crippen LogP contribution in [0.25, 0.3) is 0 Å². The van der Waals surface area contributed by atoms with E-state index in [1.807, 2.05) is 51.1 Å². The van der Waals surface area contributed by atoms with E-state index in [9.17, 15) is 9.59 Å². The summed E-state index contributed by atoms with van der Waals surface area (Å²) in [7, 11) is 3.10. The number of hydrogen-bond acceptors (Lipinski definition) is 5. The van der Waals surface area contributed by atoms with Crippen LogP contribution in [0, 0.1) is 0 Å². The molecule has 0 bridgehead atoms. The molecule has 162 valence electrons. The van der Waals surface area contributed by atoms with Crippen LogP contribution < -0.4 is 5.32 Å². The highest BCUT2D eigenvalue weighted by Crippen LogP contribution is 2.21. The van der Waals surface area contributed by atoms with Gasteiger partial charge in [0.15, 0.2) is 6.29 Å². The summed E-state index contributed by atoms with van der Waals surface area (Å²) in [6.07, 6.45) is 0.465. The molecular weight excluding hydrogens is 374 g/mol. The van der Waals surface area contributed by atoms with Gasteiger partial charge in [-0.15, -0.1) is 0 Å². The van der Waals surface area contributed by atoms with E-state index < -0.39 is 11.9 Å². The molecule has 0 saturated carbocycles. The van der Waals surface area contributed by atoms with E-state index in [-0.39, 0.29) is 18.2 Å². The van der Waals surface area contributed by atoms with E-state index in [0.29, 0.717) is 32.5 Å². The van der Waals surface area contributed by atoms with Gasteiger partial charge >= 0.3 is 12.1 Å². The number of carbonyl (C=O) groups is 2. The molecule has 0 spiro atoms. The molecule has 1 aromatic rings. The Balaban J connectivity index is 2.03. The highest BCUT2D eigenvalue weighted by Gasteiger charge is 2.33. The van der Waals surface area contributed by atoms with Crippen LogP contribution in [-0.2, 0) is 14.2 Å². The van der Waals surface area contributed by atoms with E-state index in [1.54, 1.807) is 24.0 Å². The fourth-order valence-corrected chi connectivity index (χ4v) is 3.21. The molecule has 1 aliphatic heterocycles. The largest absolute Gasteiger partial charge is 0.444 e. The first-order valence-electron chi connectivity index (χ1n) is 9.89. The zero-order valence-electron chi connectivity index (χ0n) is 18.0. The fourth-order valence-electron chi connectivity index (χ4n) is 3.21. The average molecular weight is 408 g/mol. The van der Waals surface area contributed by atoms with Crippen molar-refractivity contribution in [2.45, 2.75) is 51.5 Å². The van der Waals surface area contributed by atoms with Crippen molar-refractivity contribution >= 4 is 17.8 Å². The molecule has 3 amide bonds. The van der Waals surface area contributed by atoms with Crippen molar-refractivity contribution < 1.29 is 23.8 Å². The van der Waals surface area contributed by atoms with Gasteiger partial charge in [0.05, 0.1) is 6.54 Å². The Kier molecular flexibility index (Phi) is 8.28. The molecule has 8 nitrogen and oxygen atoms in total. The van der Waals surface area contributed by atoms with Gasteiger partial charge in [0, 0.05) is 39.0 Å². The summed E-state index contributed by atoms with van der Waals surface area (Å²) in [5, 5.41) is 2.93. The molecule has 1 heterocycles. The Bertz CT molecular complexity index is 650. The van der Waals surface area contributed by atoms with Crippen molar-refractivity contribution in [1.29, 1.82) is 0 Å². The maximum atomic E-state index is 13.0. The van der Waals surface area contributed by atoms with Crippen LogP contribution in [0.3, 0.4) is 0 Å². The number of nitrogens with zero attached hydrogens (tertiary/aromatic N) is 2. The topological polar surface area (TPSA) is 80.3 Å². The van der Waals surface area contributed by atoms with E-state index in [1.165, 1.54) is 0 Å². The van der Waals surface area contributed by atoms with Crippen molar-refractivity contribution in [3.05, 3.63) is 30.3 Å². The third-order valence-electron chi connectivity index (χ3n) is 4.71. The summed E-state index contributed by atoms with van der Waals surface area (Å²) in [6, 6.07) is 9.05. The van der Waals surface area contributed by atoms with Crippen LogP contribution in [-0.4, -0.2) is 73.7 Å². The van der Waals surface area contributed by atoms with Gasteiger partial charge in [-0.05, 0) is 45.7 Å². The number of anilines is 1. The standard InChI is InChI=1S/C21H33N3O5/c1-21(2,3)29-20(26)23-13-11-17(12-14-23)24(15-18(27-4)28-5)19(25)22-16-9-7-6-8-10-16/h6-10,17-18H,11-15H2,1-5H3,(H,22,25). The monoisotopic (exact) mass is 407 g/mol. The van der Waals surface area contributed by atoms with Gasteiger partial charge in [0.25, 0.3) is 0 Å². The van der Waals surface area contributed by atoms with Crippen molar-refractivity contribution in [3.63, 3.8) is 0 Å².